The van der Waals surface area contributed by atoms with Gasteiger partial charge in [0.1, 0.15) is 12.6 Å². The van der Waals surface area contributed by atoms with E-state index in [-0.39, 0.29) is 12.5 Å². The molecule has 156 valence electrons. The van der Waals surface area contributed by atoms with Crippen LogP contribution in [-0.2, 0) is 9.53 Å². The highest BCUT2D eigenvalue weighted by Crippen LogP contribution is 2.44. The first kappa shape index (κ1) is 20.4. The van der Waals surface area contributed by atoms with Gasteiger partial charge in [-0.2, -0.15) is 0 Å². The summed E-state index contributed by atoms with van der Waals surface area (Å²) < 4.78 is 5.63. The summed E-state index contributed by atoms with van der Waals surface area (Å²) in [5.74, 6) is -1.19. The predicted octanol–water partition coefficient (Wildman–Crippen LogP) is 5.38. The van der Waals surface area contributed by atoms with E-state index in [9.17, 15) is 14.7 Å². The molecule has 1 amide bonds. The zero-order chi connectivity index (χ0) is 21.8. The Labute approximate surface area is 181 Å². The average molecular weight is 413 g/mol. The molecule has 0 heterocycles. The Morgan fingerprint density at radius 3 is 2.06 bits per heavy atom. The van der Waals surface area contributed by atoms with E-state index in [0.29, 0.717) is 0 Å². The summed E-state index contributed by atoms with van der Waals surface area (Å²) >= 11 is 0. The van der Waals surface area contributed by atoms with Gasteiger partial charge in [0.15, 0.2) is 0 Å². The van der Waals surface area contributed by atoms with Crippen molar-refractivity contribution in [3.63, 3.8) is 0 Å². The topological polar surface area (TPSA) is 66.8 Å². The van der Waals surface area contributed by atoms with Crippen molar-refractivity contribution in [2.75, 3.05) is 6.61 Å². The summed E-state index contributed by atoms with van der Waals surface area (Å²) in [6.45, 7) is 1.59. The number of benzene rings is 3. The van der Waals surface area contributed by atoms with Crippen LogP contribution in [0.4, 0.5) is 4.79 Å². The number of carboxylic acid groups (broad SMARTS) is 1. The van der Waals surface area contributed by atoms with E-state index in [0.717, 1.165) is 32.7 Å². The largest absolute Gasteiger partial charge is 0.480 e. The molecule has 4 rings (SSSR count). The van der Waals surface area contributed by atoms with E-state index in [4.69, 9.17) is 4.74 Å². The lowest BCUT2D eigenvalue weighted by Crippen LogP contribution is -2.40. The van der Waals surface area contributed by atoms with Crippen molar-refractivity contribution in [1.82, 2.24) is 4.90 Å². The Kier molecular flexibility index (Phi) is 5.85. The van der Waals surface area contributed by atoms with E-state index in [2.05, 4.69) is 12.1 Å². The van der Waals surface area contributed by atoms with Crippen LogP contribution in [0.5, 0.6) is 0 Å². The van der Waals surface area contributed by atoms with Crippen molar-refractivity contribution in [2.24, 2.45) is 0 Å². The Hall–Kier alpha value is -3.86. The van der Waals surface area contributed by atoms with Gasteiger partial charge in [0.2, 0.25) is 0 Å². The first-order valence-corrected chi connectivity index (χ1v) is 10.2. The summed E-state index contributed by atoms with van der Waals surface area (Å²) in [6.07, 6.45) is 2.47. The number of nitrogens with zero attached hydrogens (tertiary/aromatic N) is 1. The van der Waals surface area contributed by atoms with Crippen LogP contribution < -0.4 is 0 Å². The van der Waals surface area contributed by atoms with Crippen LogP contribution in [0.25, 0.3) is 17.2 Å². The number of amides is 1. The molecule has 1 atom stereocenters. The zero-order valence-electron chi connectivity index (χ0n) is 17.1. The molecular weight excluding hydrogens is 390 g/mol. The highest BCUT2D eigenvalue weighted by Gasteiger charge is 2.31. The molecule has 0 spiro atoms. The van der Waals surface area contributed by atoms with Crippen molar-refractivity contribution in [1.29, 1.82) is 0 Å². The number of carbonyl (C=O) groups is 2. The third-order valence-corrected chi connectivity index (χ3v) is 5.55. The normalized spacial score (nSPS) is 13.5. The van der Waals surface area contributed by atoms with Gasteiger partial charge in [-0.3, -0.25) is 4.90 Å². The van der Waals surface area contributed by atoms with Crippen LogP contribution in [0.3, 0.4) is 0 Å². The van der Waals surface area contributed by atoms with E-state index in [1.54, 1.807) is 6.08 Å². The van der Waals surface area contributed by atoms with Gasteiger partial charge in [-0.25, -0.2) is 9.59 Å². The number of hydrogen-bond acceptors (Lipinski definition) is 3. The predicted molar refractivity (Wildman–Crippen MR) is 119 cm³/mol. The number of ether oxygens (including phenoxy) is 1. The second-order valence-corrected chi connectivity index (χ2v) is 7.45. The minimum absolute atomic E-state index is 0.0866. The Morgan fingerprint density at radius 1 is 0.935 bits per heavy atom. The van der Waals surface area contributed by atoms with Crippen LogP contribution >= 0.6 is 0 Å². The molecule has 5 heteroatoms. The van der Waals surface area contributed by atoms with Gasteiger partial charge in [-0.1, -0.05) is 78.9 Å². The number of aliphatic carboxylic acids is 1. The Bertz CT molecular complexity index is 1080. The van der Waals surface area contributed by atoms with Crippen molar-refractivity contribution in [2.45, 2.75) is 18.9 Å². The monoisotopic (exact) mass is 413 g/mol. The van der Waals surface area contributed by atoms with Crippen LogP contribution in [0.2, 0.25) is 0 Å². The molecule has 0 aliphatic heterocycles. The Morgan fingerprint density at radius 2 is 1.48 bits per heavy atom. The fraction of sp³-hybridized carbons (Fsp3) is 0.154. The lowest BCUT2D eigenvalue weighted by Gasteiger charge is -2.23. The van der Waals surface area contributed by atoms with Crippen LogP contribution in [0, 0.1) is 0 Å². The van der Waals surface area contributed by atoms with Crippen molar-refractivity contribution in [3.05, 3.63) is 102 Å². The zero-order valence-corrected chi connectivity index (χ0v) is 17.1. The molecule has 0 saturated carbocycles. The summed E-state index contributed by atoms with van der Waals surface area (Å²) in [6, 6.07) is 24.5. The van der Waals surface area contributed by atoms with Gasteiger partial charge >= 0.3 is 12.1 Å². The van der Waals surface area contributed by atoms with Crippen LogP contribution in [0.1, 0.15) is 29.5 Å². The maximum absolute atomic E-state index is 12.9. The van der Waals surface area contributed by atoms with Gasteiger partial charge in [-0.15, -0.1) is 0 Å². The van der Waals surface area contributed by atoms with Crippen molar-refractivity contribution in [3.8, 4) is 11.1 Å². The highest BCUT2D eigenvalue weighted by atomic mass is 16.6. The maximum Gasteiger partial charge on any atom is 0.414 e. The number of hydrogen-bond donors (Lipinski definition) is 1. The highest BCUT2D eigenvalue weighted by molar-refractivity contribution is 5.82. The fourth-order valence-electron chi connectivity index (χ4n) is 3.87. The molecule has 0 radical (unpaired) electrons. The van der Waals surface area contributed by atoms with Gasteiger partial charge in [0, 0.05) is 12.1 Å². The number of fused-ring (bicyclic) bond motifs is 3. The van der Waals surface area contributed by atoms with Crippen molar-refractivity contribution < 1.29 is 19.4 Å². The molecule has 0 bridgehead atoms. The van der Waals surface area contributed by atoms with E-state index >= 15 is 0 Å². The summed E-state index contributed by atoms with van der Waals surface area (Å²) in [5, 5.41) is 9.46. The second kappa shape index (κ2) is 8.88. The van der Waals surface area contributed by atoms with Crippen molar-refractivity contribution >= 4 is 18.1 Å². The lowest BCUT2D eigenvalue weighted by molar-refractivity contribution is -0.141. The number of carbonyl (C=O) groups excluding carboxylic acids is 1. The van der Waals surface area contributed by atoms with Crippen LogP contribution in [-0.4, -0.2) is 34.7 Å². The van der Waals surface area contributed by atoms with Crippen LogP contribution in [0.15, 0.2) is 85.1 Å². The number of carboxylic acids is 1. The van der Waals surface area contributed by atoms with Gasteiger partial charge in [-0.05, 0) is 40.8 Å². The van der Waals surface area contributed by atoms with Gasteiger partial charge < -0.3 is 9.84 Å². The standard InChI is InChI=1S/C26H23NO4/c1-18(25(28)29)27(16-15-19-9-3-2-4-10-19)26(30)31-17-24-22-13-7-5-11-20(22)21-12-6-8-14-23(21)24/h2-16,18,24H,17H2,1H3,(H,28,29)/t18-/m0/s1. The maximum atomic E-state index is 12.9. The molecule has 31 heavy (non-hydrogen) atoms. The third kappa shape index (κ3) is 4.21. The smallest absolute Gasteiger partial charge is 0.414 e. The molecule has 0 fully saturated rings. The summed E-state index contributed by atoms with van der Waals surface area (Å²) in [4.78, 5) is 25.6. The first-order chi connectivity index (χ1) is 15.1. The van der Waals surface area contributed by atoms with E-state index < -0.39 is 18.1 Å². The molecule has 5 nitrogen and oxygen atoms in total. The van der Waals surface area contributed by atoms with E-state index in [1.807, 2.05) is 66.7 Å². The molecule has 3 aromatic carbocycles. The Balaban J connectivity index is 1.54. The molecule has 0 aromatic heterocycles. The first-order valence-electron chi connectivity index (χ1n) is 10.2. The van der Waals surface area contributed by atoms with Gasteiger partial charge in [0.25, 0.3) is 0 Å². The van der Waals surface area contributed by atoms with E-state index in [1.165, 1.54) is 13.1 Å². The summed E-state index contributed by atoms with van der Waals surface area (Å²) in [7, 11) is 0. The molecule has 1 N–H and O–H groups in total. The molecule has 0 unspecified atom stereocenters. The lowest BCUT2D eigenvalue weighted by atomic mass is 9.98. The minimum Gasteiger partial charge on any atom is -0.480 e. The quantitative estimate of drug-likeness (QED) is 0.589. The fourth-order valence-corrected chi connectivity index (χ4v) is 3.87. The minimum atomic E-state index is -1.11. The average Bonchev–Trinajstić information content (AvgIpc) is 3.12. The SMILES string of the molecule is C[C@@H](C(=O)O)N(C=Cc1ccccc1)C(=O)OCC1c2ccccc2-c2ccccc21. The molecule has 3 aromatic rings. The summed E-state index contributed by atoms with van der Waals surface area (Å²) in [5.41, 5.74) is 5.35. The van der Waals surface area contributed by atoms with Gasteiger partial charge in [0.05, 0.1) is 0 Å². The number of rotatable bonds is 6. The molecule has 1 aliphatic carbocycles. The molecular formula is C26H23NO4. The third-order valence-electron chi connectivity index (χ3n) is 5.55. The molecule has 1 aliphatic rings. The molecule has 0 saturated heterocycles. The second-order valence-electron chi connectivity index (χ2n) is 7.45.